The second-order valence-electron chi connectivity index (χ2n) is 4.49. The molecule has 6 heteroatoms. The number of halogens is 3. The van der Waals surface area contributed by atoms with Gasteiger partial charge in [0.2, 0.25) is 0 Å². The number of ether oxygens (including phenoxy) is 1. The van der Waals surface area contributed by atoms with Gasteiger partial charge in [-0.2, -0.15) is 13.2 Å². The van der Waals surface area contributed by atoms with Crippen LogP contribution in [-0.4, -0.2) is 24.4 Å². The predicted octanol–water partition coefficient (Wildman–Crippen LogP) is 2.35. The van der Waals surface area contributed by atoms with Crippen LogP contribution in [0.15, 0.2) is 18.2 Å². The molecular formula is C13H18F3NO2. The van der Waals surface area contributed by atoms with Gasteiger partial charge in [-0.3, -0.25) is 0 Å². The van der Waals surface area contributed by atoms with Gasteiger partial charge < -0.3 is 15.6 Å². The van der Waals surface area contributed by atoms with Gasteiger partial charge in [0.25, 0.3) is 0 Å². The fourth-order valence-electron chi connectivity index (χ4n) is 1.72. The number of aliphatic hydroxyl groups is 1. The van der Waals surface area contributed by atoms with Gasteiger partial charge in [0.1, 0.15) is 5.75 Å². The van der Waals surface area contributed by atoms with E-state index in [-0.39, 0.29) is 12.8 Å². The highest BCUT2D eigenvalue weighted by molar-refractivity contribution is 5.38. The maximum atomic E-state index is 12.6. The topological polar surface area (TPSA) is 55.5 Å². The number of benzene rings is 1. The maximum Gasteiger partial charge on any atom is 0.416 e. The number of hydrogen-bond donors (Lipinski definition) is 2. The van der Waals surface area contributed by atoms with Crippen molar-refractivity contribution in [1.29, 1.82) is 0 Å². The number of rotatable bonds is 5. The minimum absolute atomic E-state index is 0.274. The summed E-state index contributed by atoms with van der Waals surface area (Å²) in [5, 5.41) is 9.59. The van der Waals surface area contributed by atoms with Crippen LogP contribution in [0.1, 0.15) is 24.5 Å². The monoisotopic (exact) mass is 277 g/mol. The number of nitrogens with two attached hydrogens (primary N) is 1. The molecule has 0 aliphatic carbocycles. The van der Waals surface area contributed by atoms with Gasteiger partial charge in [-0.25, -0.2) is 0 Å². The lowest BCUT2D eigenvalue weighted by Crippen LogP contribution is -2.31. The molecule has 0 aliphatic heterocycles. The van der Waals surface area contributed by atoms with E-state index in [1.54, 1.807) is 6.92 Å². The van der Waals surface area contributed by atoms with Crippen molar-refractivity contribution < 1.29 is 23.0 Å². The zero-order valence-electron chi connectivity index (χ0n) is 10.9. The van der Waals surface area contributed by atoms with Crippen LogP contribution in [0.5, 0.6) is 5.75 Å². The number of aryl methyl sites for hydroxylation is 1. The lowest BCUT2D eigenvalue weighted by atomic mass is 10.0. The Balaban J connectivity index is 2.91. The van der Waals surface area contributed by atoms with Crippen molar-refractivity contribution in [2.24, 2.45) is 5.73 Å². The fourth-order valence-corrected chi connectivity index (χ4v) is 1.72. The molecule has 1 aromatic rings. The molecule has 0 amide bonds. The van der Waals surface area contributed by atoms with Crippen molar-refractivity contribution in [2.45, 2.75) is 38.1 Å². The Labute approximate surface area is 110 Å². The normalized spacial score (nSPS) is 15.1. The van der Waals surface area contributed by atoms with Crippen LogP contribution in [0.25, 0.3) is 0 Å². The lowest BCUT2D eigenvalue weighted by molar-refractivity contribution is -0.137. The van der Waals surface area contributed by atoms with E-state index in [0.717, 1.165) is 12.1 Å². The zero-order valence-corrected chi connectivity index (χ0v) is 10.9. The second-order valence-corrected chi connectivity index (χ2v) is 4.49. The van der Waals surface area contributed by atoms with Gasteiger partial charge in [-0.05, 0) is 43.5 Å². The smallest absolute Gasteiger partial charge is 0.416 e. The summed E-state index contributed by atoms with van der Waals surface area (Å²) in [5.74, 6) is 0.380. The molecule has 1 aromatic carbocycles. The van der Waals surface area contributed by atoms with Gasteiger partial charge in [0.15, 0.2) is 0 Å². The summed E-state index contributed by atoms with van der Waals surface area (Å²) >= 11 is 0. The molecule has 1 rings (SSSR count). The van der Waals surface area contributed by atoms with Crippen LogP contribution < -0.4 is 10.5 Å². The van der Waals surface area contributed by atoms with E-state index in [0.29, 0.717) is 11.3 Å². The molecule has 2 atom stereocenters. The van der Waals surface area contributed by atoms with Gasteiger partial charge in [0.05, 0.1) is 18.8 Å². The van der Waals surface area contributed by atoms with Gasteiger partial charge in [0, 0.05) is 6.04 Å². The molecule has 0 aliphatic rings. The van der Waals surface area contributed by atoms with Crippen molar-refractivity contribution >= 4 is 0 Å². The predicted molar refractivity (Wildman–Crippen MR) is 66.0 cm³/mol. The lowest BCUT2D eigenvalue weighted by Gasteiger charge is -2.16. The van der Waals surface area contributed by atoms with Crippen molar-refractivity contribution in [1.82, 2.24) is 0 Å². The Morgan fingerprint density at radius 2 is 2.00 bits per heavy atom. The summed E-state index contributed by atoms with van der Waals surface area (Å²) in [6, 6.07) is 2.89. The van der Waals surface area contributed by atoms with E-state index in [1.165, 1.54) is 13.2 Å². The first-order valence-electron chi connectivity index (χ1n) is 5.93. The second kappa shape index (κ2) is 6.25. The van der Waals surface area contributed by atoms with Crippen LogP contribution in [0.2, 0.25) is 0 Å². The average molecular weight is 277 g/mol. The van der Waals surface area contributed by atoms with Crippen LogP contribution >= 0.6 is 0 Å². The molecule has 2 unspecified atom stereocenters. The van der Waals surface area contributed by atoms with Gasteiger partial charge in [-0.1, -0.05) is 0 Å². The van der Waals surface area contributed by atoms with E-state index in [9.17, 15) is 18.3 Å². The first-order chi connectivity index (χ1) is 8.75. The Morgan fingerprint density at radius 1 is 1.37 bits per heavy atom. The Morgan fingerprint density at radius 3 is 2.47 bits per heavy atom. The average Bonchev–Trinajstić information content (AvgIpc) is 2.34. The highest BCUT2D eigenvalue weighted by Gasteiger charge is 2.31. The van der Waals surface area contributed by atoms with Crippen molar-refractivity contribution in [3.05, 3.63) is 29.3 Å². The summed E-state index contributed by atoms with van der Waals surface area (Å²) in [4.78, 5) is 0. The van der Waals surface area contributed by atoms with E-state index in [4.69, 9.17) is 10.5 Å². The van der Waals surface area contributed by atoms with Crippen LogP contribution in [0.3, 0.4) is 0 Å². The van der Waals surface area contributed by atoms with E-state index in [2.05, 4.69) is 0 Å². The third-order valence-corrected chi connectivity index (χ3v) is 2.92. The summed E-state index contributed by atoms with van der Waals surface area (Å²) in [6.45, 7) is 1.65. The molecule has 108 valence electrons. The van der Waals surface area contributed by atoms with E-state index >= 15 is 0 Å². The summed E-state index contributed by atoms with van der Waals surface area (Å²) < 4.78 is 42.9. The Hall–Kier alpha value is -1.27. The zero-order chi connectivity index (χ0) is 14.6. The summed E-state index contributed by atoms with van der Waals surface area (Å²) in [7, 11) is 1.40. The molecule has 0 radical (unpaired) electrons. The number of methoxy groups -OCH3 is 1. The molecule has 3 nitrogen and oxygen atoms in total. The summed E-state index contributed by atoms with van der Waals surface area (Å²) in [6.07, 6.45) is -4.58. The van der Waals surface area contributed by atoms with Crippen molar-refractivity contribution in [3.63, 3.8) is 0 Å². The van der Waals surface area contributed by atoms with Crippen molar-refractivity contribution in [2.75, 3.05) is 7.11 Å². The third kappa shape index (κ3) is 4.40. The minimum atomic E-state index is -4.39. The first kappa shape index (κ1) is 15.8. The van der Waals surface area contributed by atoms with E-state index < -0.39 is 23.9 Å². The highest BCUT2D eigenvalue weighted by Crippen LogP contribution is 2.33. The number of alkyl halides is 3. The molecule has 0 aromatic heterocycles. The quantitative estimate of drug-likeness (QED) is 0.868. The molecule has 19 heavy (non-hydrogen) atoms. The van der Waals surface area contributed by atoms with Crippen LogP contribution in [-0.2, 0) is 12.6 Å². The van der Waals surface area contributed by atoms with Crippen molar-refractivity contribution in [3.8, 4) is 5.75 Å². The molecule has 3 N–H and O–H groups in total. The third-order valence-electron chi connectivity index (χ3n) is 2.92. The minimum Gasteiger partial charge on any atom is -0.496 e. The largest absolute Gasteiger partial charge is 0.496 e. The summed E-state index contributed by atoms with van der Waals surface area (Å²) in [5.41, 5.74) is 5.20. The molecule has 0 spiro atoms. The molecule has 0 fully saturated rings. The fraction of sp³-hybridized carbons (Fsp3) is 0.538. The molecule has 0 saturated heterocycles. The Bertz CT molecular complexity index is 419. The molecular weight excluding hydrogens is 259 g/mol. The van der Waals surface area contributed by atoms with E-state index in [1.807, 2.05) is 0 Å². The molecule has 0 heterocycles. The highest BCUT2D eigenvalue weighted by atomic mass is 19.4. The van der Waals surface area contributed by atoms with Gasteiger partial charge >= 0.3 is 6.18 Å². The standard InChI is InChI=1S/C13H18F3NO2/c1-8(17)11(18)5-3-9-7-10(13(14,15)16)4-6-12(9)19-2/h4,6-8,11,18H,3,5,17H2,1-2H3. The number of hydrogen-bond acceptors (Lipinski definition) is 3. The SMILES string of the molecule is COc1ccc(C(F)(F)F)cc1CCC(O)C(C)N. The van der Waals surface area contributed by atoms with Crippen LogP contribution in [0.4, 0.5) is 13.2 Å². The Kier molecular flexibility index (Phi) is 5.20. The number of aliphatic hydroxyl groups excluding tert-OH is 1. The molecule has 0 bridgehead atoms. The maximum absolute atomic E-state index is 12.6. The molecule has 0 saturated carbocycles. The van der Waals surface area contributed by atoms with Crippen LogP contribution in [0, 0.1) is 0 Å². The first-order valence-corrected chi connectivity index (χ1v) is 5.93. The van der Waals surface area contributed by atoms with Gasteiger partial charge in [-0.15, -0.1) is 0 Å².